The molecule has 0 atom stereocenters. The number of carbonyl (C=O) groups excluding carboxylic acids is 1. The van der Waals surface area contributed by atoms with Crippen molar-refractivity contribution in [3.63, 3.8) is 0 Å². The highest BCUT2D eigenvalue weighted by Gasteiger charge is 2.12. The first kappa shape index (κ1) is 14.8. The molecule has 5 heteroatoms. The van der Waals surface area contributed by atoms with Crippen molar-refractivity contribution in [2.24, 2.45) is 0 Å². The largest absolute Gasteiger partial charge is 0.346 e. The molecule has 4 rings (SSSR count). The summed E-state index contributed by atoms with van der Waals surface area (Å²) in [6.45, 7) is 2.32. The van der Waals surface area contributed by atoms with Crippen LogP contribution in [0.2, 0.25) is 0 Å². The van der Waals surface area contributed by atoms with Crippen LogP contribution in [-0.4, -0.2) is 15.9 Å². The predicted molar refractivity (Wildman–Crippen MR) is 97.3 cm³/mol. The van der Waals surface area contributed by atoms with E-state index >= 15 is 0 Å². The average molecular weight is 333 g/mol. The second-order valence-electron chi connectivity index (χ2n) is 5.59. The molecule has 0 radical (unpaired) electrons. The number of rotatable bonds is 3. The maximum absolute atomic E-state index is 12.6. The van der Waals surface area contributed by atoms with Gasteiger partial charge in [-0.2, -0.15) is 0 Å². The smallest absolute Gasteiger partial charge is 0.252 e. The Labute approximate surface area is 143 Å². The Morgan fingerprint density at radius 2 is 1.79 bits per heavy atom. The van der Waals surface area contributed by atoms with Gasteiger partial charge in [-0.15, -0.1) is 11.3 Å². The van der Waals surface area contributed by atoms with E-state index in [0.717, 1.165) is 31.8 Å². The maximum Gasteiger partial charge on any atom is 0.252 e. The molecule has 1 amide bonds. The van der Waals surface area contributed by atoms with Crippen molar-refractivity contribution in [1.82, 2.24) is 15.3 Å². The quantitative estimate of drug-likeness (QED) is 0.614. The van der Waals surface area contributed by atoms with Crippen LogP contribution in [0.3, 0.4) is 0 Å². The number of thiazole rings is 1. The summed E-state index contributed by atoms with van der Waals surface area (Å²) in [6, 6.07) is 17.5. The van der Waals surface area contributed by atoms with E-state index in [2.05, 4.69) is 15.3 Å². The van der Waals surface area contributed by atoms with Gasteiger partial charge in [0.2, 0.25) is 0 Å². The molecule has 0 aliphatic rings. The molecular weight excluding hydrogens is 318 g/mol. The number of pyridine rings is 1. The predicted octanol–water partition coefficient (Wildman–Crippen LogP) is 4.08. The molecule has 0 aliphatic carbocycles. The van der Waals surface area contributed by atoms with E-state index in [1.165, 1.54) is 0 Å². The normalized spacial score (nSPS) is 11.0. The van der Waals surface area contributed by atoms with Gasteiger partial charge in [0.1, 0.15) is 5.01 Å². The fourth-order valence-corrected chi connectivity index (χ4v) is 3.65. The third-order valence-corrected chi connectivity index (χ3v) is 4.86. The van der Waals surface area contributed by atoms with Crippen LogP contribution in [0.4, 0.5) is 0 Å². The molecule has 0 bridgehead atoms. The Morgan fingerprint density at radius 1 is 1.04 bits per heavy atom. The number of carbonyl (C=O) groups is 1. The van der Waals surface area contributed by atoms with Gasteiger partial charge in [-0.1, -0.05) is 30.3 Å². The minimum absolute atomic E-state index is 0.101. The fourth-order valence-electron chi connectivity index (χ4n) is 2.74. The van der Waals surface area contributed by atoms with Crippen molar-refractivity contribution in [3.05, 3.63) is 70.9 Å². The highest BCUT2D eigenvalue weighted by Crippen LogP contribution is 2.22. The molecule has 2 aromatic carbocycles. The van der Waals surface area contributed by atoms with Crippen LogP contribution in [0.15, 0.2) is 54.6 Å². The first-order valence-corrected chi connectivity index (χ1v) is 8.51. The molecule has 0 fully saturated rings. The number of benzene rings is 2. The van der Waals surface area contributed by atoms with Gasteiger partial charge >= 0.3 is 0 Å². The summed E-state index contributed by atoms with van der Waals surface area (Å²) in [5.41, 5.74) is 3.29. The molecular formula is C19H15N3OS. The zero-order valence-corrected chi connectivity index (χ0v) is 13.9. The van der Waals surface area contributed by atoms with Gasteiger partial charge in [-0.3, -0.25) is 9.78 Å². The third kappa shape index (κ3) is 2.74. The number of nitrogens with one attached hydrogen (secondary N) is 1. The minimum Gasteiger partial charge on any atom is -0.346 e. The molecule has 2 heterocycles. The molecule has 4 aromatic rings. The molecule has 0 saturated heterocycles. The lowest BCUT2D eigenvalue weighted by atomic mass is 10.1. The van der Waals surface area contributed by atoms with E-state index in [-0.39, 0.29) is 5.91 Å². The second kappa shape index (κ2) is 6.02. The lowest BCUT2D eigenvalue weighted by molar-refractivity contribution is 0.0952. The average Bonchev–Trinajstić information content (AvgIpc) is 3.02. The Hall–Kier alpha value is -2.79. The van der Waals surface area contributed by atoms with E-state index in [9.17, 15) is 4.79 Å². The summed E-state index contributed by atoms with van der Waals surface area (Å²) in [5, 5.41) is 4.74. The number of para-hydroxylation sites is 2. The summed E-state index contributed by atoms with van der Waals surface area (Å²) in [6.07, 6.45) is 0. The van der Waals surface area contributed by atoms with E-state index in [4.69, 9.17) is 0 Å². The highest BCUT2D eigenvalue weighted by atomic mass is 32.1. The van der Waals surface area contributed by atoms with Gasteiger partial charge < -0.3 is 5.32 Å². The van der Waals surface area contributed by atoms with Gasteiger partial charge in [-0.25, -0.2) is 4.98 Å². The standard InChI is InChI=1S/C19H15N3OS/c1-12-10-14(13-6-2-3-7-15(13)21-12)19(23)20-11-18-22-16-8-4-5-9-17(16)24-18/h2-10H,11H2,1H3,(H,20,23). The summed E-state index contributed by atoms with van der Waals surface area (Å²) in [4.78, 5) is 21.7. The SMILES string of the molecule is Cc1cc(C(=O)NCc2nc3ccccc3s2)c2ccccc2n1. The second-order valence-corrected chi connectivity index (χ2v) is 6.70. The summed E-state index contributed by atoms with van der Waals surface area (Å²) in [5.74, 6) is -0.101. The van der Waals surface area contributed by atoms with Crippen molar-refractivity contribution in [1.29, 1.82) is 0 Å². The molecule has 118 valence electrons. The Balaban J connectivity index is 1.60. The van der Waals surface area contributed by atoms with Gasteiger partial charge in [0, 0.05) is 11.1 Å². The fraction of sp³-hybridized carbons (Fsp3) is 0.105. The topological polar surface area (TPSA) is 54.9 Å². The molecule has 24 heavy (non-hydrogen) atoms. The zero-order chi connectivity index (χ0) is 16.5. The summed E-state index contributed by atoms with van der Waals surface area (Å²) < 4.78 is 1.13. The van der Waals surface area contributed by atoms with E-state index in [0.29, 0.717) is 12.1 Å². The number of amides is 1. The summed E-state index contributed by atoms with van der Waals surface area (Å²) >= 11 is 1.60. The van der Waals surface area contributed by atoms with Crippen molar-refractivity contribution >= 4 is 38.4 Å². The number of fused-ring (bicyclic) bond motifs is 2. The molecule has 0 aliphatic heterocycles. The number of nitrogens with zero attached hydrogens (tertiary/aromatic N) is 2. The van der Waals surface area contributed by atoms with Crippen molar-refractivity contribution in [2.45, 2.75) is 13.5 Å². The molecule has 1 N–H and O–H groups in total. The first-order valence-electron chi connectivity index (χ1n) is 7.70. The lowest BCUT2D eigenvalue weighted by Gasteiger charge is -2.08. The Bertz CT molecular complexity index is 1020. The molecule has 0 saturated carbocycles. The Kier molecular flexibility index (Phi) is 3.70. The van der Waals surface area contributed by atoms with Gasteiger partial charge in [0.05, 0.1) is 27.8 Å². The van der Waals surface area contributed by atoms with Crippen LogP contribution < -0.4 is 5.32 Å². The van der Waals surface area contributed by atoms with Crippen molar-refractivity contribution in [2.75, 3.05) is 0 Å². The van der Waals surface area contributed by atoms with E-state index in [1.54, 1.807) is 11.3 Å². The van der Waals surface area contributed by atoms with Gasteiger partial charge in [-0.05, 0) is 31.2 Å². The van der Waals surface area contributed by atoms with Gasteiger partial charge in [0.15, 0.2) is 0 Å². The third-order valence-electron chi connectivity index (χ3n) is 3.83. The number of hydrogen-bond donors (Lipinski definition) is 1. The number of aryl methyl sites for hydroxylation is 1. The van der Waals surface area contributed by atoms with Crippen molar-refractivity contribution in [3.8, 4) is 0 Å². The van der Waals surface area contributed by atoms with Gasteiger partial charge in [0.25, 0.3) is 5.91 Å². The van der Waals surface area contributed by atoms with Crippen LogP contribution in [0, 0.1) is 6.92 Å². The van der Waals surface area contributed by atoms with Crippen LogP contribution in [-0.2, 0) is 6.54 Å². The zero-order valence-electron chi connectivity index (χ0n) is 13.1. The summed E-state index contributed by atoms with van der Waals surface area (Å²) in [7, 11) is 0. The molecule has 4 nitrogen and oxygen atoms in total. The minimum atomic E-state index is -0.101. The maximum atomic E-state index is 12.6. The van der Waals surface area contributed by atoms with Crippen LogP contribution >= 0.6 is 11.3 Å². The van der Waals surface area contributed by atoms with Crippen LogP contribution in [0.5, 0.6) is 0 Å². The highest BCUT2D eigenvalue weighted by molar-refractivity contribution is 7.18. The number of aromatic nitrogens is 2. The van der Waals surface area contributed by atoms with Crippen LogP contribution in [0.25, 0.3) is 21.1 Å². The van der Waals surface area contributed by atoms with Crippen molar-refractivity contribution < 1.29 is 4.79 Å². The molecule has 2 aromatic heterocycles. The lowest BCUT2D eigenvalue weighted by Crippen LogP contribution is -2.23. The monoisotopic (exact) mass is 333 g/mol. The van der Waals surface area contributed by atoms with E-state index < -0.39 is 0 Å². The molecule has 0 spiro atoms. The Morgan fingerprint density at radius 3 is 2.62 bits per heavy atom. The first-order chi connectivity index (χ1) is 11.7. The number of hydrogen-bond acceptors (Lipinski definition) is 4. The van der Waals surface area contributed by atoms with Crippen LogP contribution in [0.1, 0.15) is 21.1 Å². The van der Waals surface area contributed by atoms with E-state index in [1.807, 2.05) is 61.5 Å². The molecule has 0 unspecified atom stereocenters.